The molecule has 2 heterocycles. The molecule has 0 spiro atoms. The van der Waals surface area contributed by atoms with Gasteiger partial charge in [-0.2, -0.15) is 0 Å². The van der Waals surface area contributed by atoms with Crippen molar-refractivity contribution < 1.29 is 31.1 Å². The van der Waals surface area contributed by atoms with Crippen molar-refractivity contribution in [2.24, 2.45) is 5.73 Å². The highest BCUT2D eigenvalue weighted by Gasteiger charge is 2.44. The molecule has 9 nitrogen and oxygen atoms in total. The first-order valence-corrected chi connectivity index (χ1v) is 14.6. The lowest BCUT2D eigenvalue weighted by Gasteiger charge is -2.25. The number of aromatic nitrogens is 2. The van der Waals surface area contributed by atoms with E-state index in [1.807, 2.05) is 30.3 Å². The van der Waals surface area contributed by atoms with Crippen LogP contribution in [-0.4, -0.2) is 36.8 Å². The minimum absolute atomic E-state index is 0.0408. The maximum atomic E-state index is 15.3. The van der Waals surface area contributed by atoms with Crippen molar-refractivity contribution in [1.82, 2.24) is 10.2 Å². The van der Waals surface area contributed by atoms with Gasteiger partial charge in [0.1, 0.15) is 16.2 Å². The topological polar surface area (TPSA) is 129 Å². The van der Waals surface area contributed by atoms with E-state index in [0.29, 0.717) is 17.1 Å². The van der Waals surface area contributed by atoms with E-state index in [-0.39, 0.29) is 35.1 Å². The van der Waals surface area contributed by atoms with Crippen molar-refractivity contribution in [3.8, 4) is 23.0 Å². The van der Waals surface area contributed by atoms with Crippen LogP contribution in [-0.2, 0) is 31.8 Å². The molecule has 0 saturated carbocycles. The van der Waals surface area contributed by atoms with E-state index in [0.717, 1.165) is 6.26 Å². The molecule has 1 aliphatic rings. The second kappa shape index (κ2) is 10.3. The summed E-state index contributed by atoms with van der Waals surface area (Å²) in [5, 5.41) is 7.84. The first-order valence-electron chi connectivity index (χ1n) is 12.7. The number of carbonyl (C=O) groups excluding carboxylic acids is 1. The number of alkyl halides is 2. The number of rotatable bonds is 7. The van der Waals surface area contributed by atoms with E-state index in [9.17, 15) is 13.2 Å². The molecule has 41 heavy (non-hydrogen) atoms. The number of para-hydroxylation sites is 1. The van der Waals surface area contributed by atoms with Gasteiger partial charge < -0.3 is 19.8 Å². The molecule has 4 aromatic rings. The molecule has 0 aliphatic carbocycles. The summed E-state index contributed by atoms with van der Waals surface area (Å²) in [5.41, 5.74) is 6.40. The lowest BCUT2D eigenvalue weighted by Crippen LogP contribution is -2.43. The molecule has 0 fully saturated rings. The molecule has 12 heteroatoms. The van der Waals surface area contributed by atoms with Gasteiger partial charge in [0.15, 0.2) is 9.84 Å². The number of hydrogen-bond donors (Lipinski definition) is 1. The van der Waals surface area contributed by atoms with Crippen LogP contribution in [0.1, 0.15) is 37.3 Å². The maximum Gasteiger partial charge on any atom is 0.277 e. The van der Waals surface area contributed by atoms with E-state index in [1.54, 1.807) is 24.3 Å². The quantitative estimate of drug-likeness (QED) is 0.316. The van der Waals surface area contributed by atoms with E-state index in [2.05, 4.69) is 10.2 Å². The van der Waals surface area contributed by atoms with Crippen LogP contribution < -0.4 is 15.4 Å². The predicted octanol–water partition coefficient (Wildman–Crippen LogP) is 5.16. The molecule has 2 N–H and O–H groups in total. The van der Waals surface area contributed by atoms with Gasteiger partial charge in [0.25, 0.3) is 5.92 Å². The van der Waals surface area contributed by atoms with Crippen LogP contribution in [0.2, 0.25) is 0 Å². The fourth-order valence-electron chi connectivity index (χ4n) is 4.36. The Labute approximate surface area is 235 Å². The predicted molar refractivity (Wildman–Crippen MR) is 148 cm³/mol. The number of hydrogen-bond acceptors (Lipinski definition) is 8. The average Bonchev–Trinajstić information content (AvgIpc) is 3.41. The van der Waals surface area contributed by atoms with Crippen molar-refractivity contribution >= 4 is 21.4 Å². The Morgan fingerprint density at radius 3 is 2.37 bits per heavy atom. The van der Waals surface area contributed by atoms with Crippen molar-refractivity contribution in [2.45, 2.75) is 43.5 Å². The first-order chi connectivity index (χ1) is 19.3. The summed E-state index contributed by atoms with van der Waals surface area (Å²) in [4.78, 5) is 14.5. The Balaban J connectivity index is 1.50. The zero-order valence-electron chi connectivity index (χ0n) is 22.5. The second-order valence-electron chi connectivity index (χ2n) is 10.4. The van der Waals surface area contributed by atoms with Gasteiger partial charge in [-0.3, -0.25) is 4.79 Å². The maximum absolute atomic E-state index is 15.3. The number of fused-ring (bicyclic) bond motifs is 1. The van der Waals surface area contributed by atoms with E-state index in [4.69, 9.17) is 14.9 Å². The van der Waals surface area contributed by atoms with Gasteiger partial charge in [0.05, 0.1) is 18.3 Å². The van der Waals surface area contributed by atoms with Crippen molar-refractivity contribution in [2.75, 3.05) is 11.2 Å². The van der Waals surface area contributed by atoms with Gasteiger partial charge in [-0.15, -0.1) is 10.2 Å². The number of halogens is 2. The Morgan fingerprint density at radius 1 is 1.05 bits per heavy atom. The van der Waals surface area contributed by atoms with Crippen LogP contribution in [0.5, 0.6) is 11.5 Å². The van der Waals surface area contributed by atoms with Gasteiger partial charge >= 0.3 is 0 Å². The Morgan fingerprint density at radius 2 is 1.71 bits per heavy atom. The molecular weight excluding hydrogens is 554 g/mol. The number of anilines is 1. The number of amides is 1. The van der Waals surface area contributed by atoms with Gasteiger partial charge in [0.2, 0.25) is 17.7 Å². The highest BCUT2D eigenvalue weighted by Crippen LogP contribution is 2.44. The van der Waals surface area contributed by atoms with Gasteiger partial charge in [-0.05, 0) is 55.8 Å². The Bertz CT molecular complexity index is 1690. The summed E-state index contributed by atoms with van der Waals surface area (Å²) in [6.07, 6.45) is 0.195. The molecule has 1 aromatic heterocycles. The number of nitrogens with two attached hydrogens (primary N) is 1. The summed E-state index contributed by atoms with van der Waals surface area (Å²) >= 11 is 0. The molecule has 1 aliphatic heterocycles. The third-order valence-corrected chi connectivity index (χ3v) is 9.13. The molecule has 0 bridgehead atoms. The highest BCUT2D eigenvalue weighted by molar-refractivity contribution is 7.91. The number of sulfone groups is 1. The van der Waals surface area contributed by atoms with E-state index in [1.165, 1.54) is 36.9 Å². The van der Waals surface area contributed by atoms with Crippen LogP contribution in [0.15, 0.2) is 77.2 Å². The number of carbonyl (C=O) groups is 1. The Kier molecular flexibility index (Phi) is 7.16. The number of ether oxygens (including phenoxy) is 1. The molecule has 0 unspecified atom stereocenters. The third kappa shape index (κ3) is 5.57. The van der Waals surface area contributed by atoms with Crippen LogP contribution in [0.25, 0.3) is 11.5 Å². The molecule has 214 valence electrons. The lowest BCUT2D eigenvalue weighted by molar-refractivity contribution is -0.122. The van der Waals surface area contributed by atoms with Crippen molar-refractivity contribution in [3.63, 3.8) is 0 Å². The third-order valence-electron chi connectivity index (χ3n) is 7.10. The summed E-state index contributed by atoms with van der Waals surface area (Å²) in [6, 6.07) is 18.6. The van der Waals surface area contributed by atoms with Crippen LogP contribution in [0, 0.1) is 0 Å². The molecule has 5 rings (SSSR count). The van der Waals surface area contributed by atoms with Crippen LogP contribution in [0.3, 0.4) is 0 Å². The fourth-order valence-corrected chi connectivity index (χ4v) is 4.76. The molecule has 3 aromatic carbocycles. The van der Waals surface area contributed by atoms with Gasteiger partial charge in [-0.1, -0.05) is 36.4 Å². The summed E-state index contributed by atoms with van der Waals surface area (Å²) in [6.45, 7) is 2.81. The minimum Gasteiger partial charge on any atom is -0.457 e. The van der Waals surface area contributed by atoms with Gasteiger partial charge in [-0.25, -0.2) is 17.2 Å². The lowest BCUT2D eigenvalue weighted by atomic mass is 10.00. The zero-order chi connectivity index (χ0) is 29.6. The molecule has 0 saturated heterocycles. The molecular formula is C29H28F2N4O5S. The monoisotopic (exact) mass is 582 g/mol. The Hall–Kier alpha value is -4.16. The normalized spacial score (nSPS) is 17.2. The number of nitrogens with zero attached hydrogens (tertiary/aromatic N) is 3. The second-order valence-corrected chi connectivity index (χ2v) is 13.0. The standard InChI is InChI=1S/C29H28F2N4O5S/c1-28(2,41(3,37)38)27-34-33-25(40-27)19-11-14-22-24(15-19)35(26(36)23(32)16-29(22,30)31)17-18-9-12-21(13-10-18)39-20-7-5-4-6-8-20/h4-15,23H,16-17,32H2,1-3H3/t23-/m1/s1. The molecule has 0 radical (unpaired) electrons. The number of benzene rings is 3. The summed E-state index contributed by atoms with van der Waals surface area (Å²) in [7, 11) is -3.61. The fraction of sp³-hybridized carbons (Fsp3) is 0.276. The van der Waals surface area contributed by atoms with E-state index >= 15 is 8.78 Å². The minimum atomic E-state index is -3.61. The largest absolute Gasteiger partial charge is 0.457 e. The SMILES string of the molecule is CC(C)(c1nnc(-c2ccc3c(c2)N(Cc2ccc(Oc4ccccc4)cc2)C(=O)[C@H](N)CC3(F)F)o1)S(C)(=O)=O. The molecule has 1 amide bonds. The van der Waals surface area contributed by atoms with E-state index < -0.39 is 38.9 Å². The summed E-state index contributed by atoms with van der Waals surface area (Å²) in [5.74, 6) is -3.06. The summed E-state index contributed by atoms with van der Waals surface area (Å²) < 4.78 is 65.0. The smallest absolute Gasteiger partial charge is 0.277 e. The molecule has 1 atom stereocenters. The van der Waals surface area contributed by atoms with Gasteiger partial charge in [0, 0.05) is 23.8 Å². The van der Waals surface area contributed by atoms with Crippen LogP contribution in [0.4, 0.5) is 14.5 Å². The van der Waals surface area contributed by atoms with Crippen molar-refractivity contribution in [1.29, 1.82) is 0 Å². The highest BCUT2D eigenvalue weighted by atomic mass is 32.2. The van der Waals surface area contributed by atoms with Crippen LogP contribution >= 0.6 is 0 Å². The first kappa shape index (κ1) is 28.4. The zero-order valence-corrected chi connectivity index (χ0v) is 23.4. The van der Waals surface area contributed by atoms with Crippen molar-refractivity contribution in [3.05, 3.63) is 89.8 Å². The average molecular weight is 583 g/mol.